The first-order chi connectivity index (χ1) is 10.5. The highest BCUT2D eigenvalue weighted by Gasteiger charge is 2.50. The lowest BCUT2D eigenvalue weighted by Crippen LogP contribution is -2.69. The Labute approximate surface area is 141 Å². The Bertz CT molecular complexity index is 669. The molecule has 1 fully saturated rings. The Balaban J connectivity index is 1.68. The van der Waals surface area contributed by atoms with Gasteiger partial charge in [0.05, 0.1) is 6.42 Å². The molecule has 1 saturated heterocycles. The Kier molecular flexibility index (Phi) is 4.24. The van der Waals surface area contributed by atoms with E-state index in [9.17, 15) is 14.7 Å². The van der Waals surface area contributed by atoms with Crippen LogP contribution in [0.15, 0.2) is 28.8 Å². The van der Waals surface area contributed by atoms with Crippen LogP contribution in [0.5, 0.6) is 0 Å². The average molecular weight is 354 g/mol. The summed E-state index contributed by atoms with van der Waals surface area (Å²) in [7, 11) is 0. The second-order valence-electron chi connectivity index (χ2n) is 5.15. The first-order valence-corrected chi connectivity index (χ1v) is 9.02. The lowest BCUT2D eigenvalue weighted by Gasteiger charge is -2.51. The predicted octanol–water partition coefficient (Wildman–Crippen LogP) is 1.85. The van der Waals surface area contributed by atoms with Gasteiger partial charge in [-0.25, -0.2) is 4.79 Å². The van der Waals surface area contributed by atoms with E-state index < -0.39 is 5.97 Å². The number of thiophene rings is 1. The molecule has 1 unspecified atom stereocenters. The number of hydrogen-bond acceptors (Lipinski definition) is 5. The molecule has 116 valence electrons. The molecule has 0 aliphatic carbocycles. The van der Waals surface area contributed by atoms with Crippen LogP contribution in [0.2, 0.25) is 0 Å². The number of thioether (sulfide) groups is 1. The molecule has 3 heterocycles. The topological polar surface area (TPSA) is 69.6 Å². The molecule has 0 bridgehead atoms. The zero-order chi connectivity index (χ0) is 15.9. The molecular formula is C14H14N2O3S3. The van der Waals surface area contributed by atoms with E-state index in [1.165, 1.54) is 11.3 Å². The predicted molar refractivity (Wildman–Crippen MR) is 91.0 cm³/mol. The fourth-order valence-electron chi connectivity index (χ4n) is 2.57. The van der Waals surface area contributed by atoms with Gasteiger partial charge in [0.15, 0.2) is 0 Å². The van der Waals surface area contributed by atoms with Gasteiger partial charge in [-0.3, -0.25) is 4.79 Å². The van der Waals surface area contributed by atoms with Gasteiger partial charge in [0, 0.05) is 10.6 Å². The number of rotatable bonds is 4. The van der Waals surface area contributed by atoms with Crippen molar-refractivity contribution in [2.24, 2.45) is 0 Å². The molecule has 0 saturated carbocycles. The van der Waals surface area contributed by atoms with Crippen molar-refractivity contribution in [1.29, 1.82) is 0 Å². The smallest absolute Gasteiger partial charge is 0.352 e. The molecule has 5 nitrogen and oxygen atoms in total. The fraction of sp³-hybridized carbons (Fsp3) is 0.357. The second-order valence-corrected chi connectivity index (χ2v) is 7.70. The van der Waals surface area contributed by atoms with Crippen molar-refractivity contribution in [1.82, 2.24) is 10.2 Å². The van der Waals surface area contributed by atoms with E-state index in [4.69, 9.17) is 12.2 Å². The van der Waals surface area contributed by atoms with Crippen molar-refractivity contribution in [3.8, 4) is 0 Å². The molecule has 0 radical (unpaired) electrons. The summed E-state index contributed by atoms with van der Waals surface area (Å²) in [6.07, 6.45) is 0.328. The summed E-state index contributed by atoms with van der Waals surface area (Å²) in [5, 5.41) is 14.1. The highest BCUT2D eigenvalue weighted by atomic mass is 32.2. The van der Waals surface area contributed by atoms with Crippen molar-refractivity contribution in [2.75, 3.05) is 5.75 Å². The van der Waals surface area contributed by atoms with E-state index in [0.717, 1.165) is 10.5 Å². The maximum absolute atomic E-state index is 12.1. The molecule has 8 heteroatoms. The number of nitrogens with one attached hydrogen (secondary N) is 1. The molecule has 2 aliphatic rings. The van der Waals surface area contributed by atoms with E-state index in [1.807, 2.05) is 17.5 Å². The van der Waals surface area contributed by atoms with Crippen LogP contribution < -0.4 is 5.32 Å². The van der Waals surface area contributed by atoms with Crippen molar-refractivity contribution in [3.05, 3.63) is 33.7 Å². The molecule has 0 aromatic carbocycles. The summed E-state index contributed by atoms with van der Waals surface area (Å²) < 4.78 is 0. The number of aliphatic carboxylic acids is 1. The maximum Gasteiger partial charge on any atom is 0.352 e. The van der Waals surface area contributed by atoms with Crippen molar-refractivity contribution in [2.45, 2.75) is 24.8 Å². The molecule has 1 aromatic rings. The zero-order valence-corrected chi connectivity index (χ0v) is 14.2. The minimum absolute atomic E-state index is 0.0850. The molecule has 22 heavy (non-hydrogen) atoms. The standard InChI is InChI=1S/C14H14N2O3S3/c1-7-6-22-13-10(12(20)16(13)11(7)14(18)19)15-9(17)5-8-3-2-4-21-8/h2-4,10,13H,5-6H2,1H3,(H,15,17)(H,18,19)/t10-,13?/m0/s1. The van der Waals surface area contributed by atoms with Crippen molar-refractivity contribution >= 4 is 52.2 Å². The number of nitrogens with zero attached hydrogens (tertiary/aromatic N) is 1. The van der Waals surface area contributed by atoms with Crippen LogP contribution >= 0.6 is 35.3 Å². The summed E-state index contributed by atoms with van der Waals surface area (Å²) in [5.74, 6) is -0.408. The van der Waals surface area contributed by atoms with Gasteiger partial charge < -0.3 is 15.3 Å². The largest absolute Gasteiger partial charge is 0.477 e. The van der Waals surface area contributed by atoms with Crippen LogP contribution in [0.3, 0.4) is 0 Å². The average Bonchev–Trinajstić information content (AvgIpc) is 2.97. The van der Waals surface area contributed by atoms with Gasteiger partial charge in [-0.15, -0.1) is 23.1 Å². The number of fused-ring (bicyclic) bond motifs is 1. The minimum atomic E-state index is -0.964. The van der Waals surface area contributed by atoms with Crippen molar-refractivity contribution < 1.29 is 14.7 Å². The summed E-state index contributed by atoms with van der Waals surface area (Å²) >= 11 is 8.47. The number of carboxylic acid groups (broad SMARTS) is 1. The SMILES string of the molecule is CC1=C(C(=O)O)N2C(=S)[C@H](NC(=O)Cc3cccs3)C2SC1. The van der Waals surface area contributed by atoms with Crippen LogP contribution in [0.4, 0.5) is 0 Å². The van der Waals surface area contributed by atoms with Gasteiger partial charge in [-0.2, -0.15) is 0 Å². The molecule has 2 N–H and O–H groups in total. The normalized spacial score (nSPS) is 23.9. The summed E-state index contributed by atoms with van der Waals surface area (Å²) in [4.78, 5) is 26.6. The van der Waals surface area contributed by atoms with Gasteiger partial charge in [-0.05, 0) is 23.9 Å². The van der Waals surface area contributed by atoms with E-state index in [-0.39, 0.29) is 23.0 Å². The quantitative estimate of drug-likeness (QED) is 0.804. The zero-order valence-electron chi connectivity index (χ0n) is 11.7. The number of amides is 1. The Morgan fingerprint density at radius 1 is 1.55 bits per heavy atom. The summed E-state index contributed by atoms with van der Waals surface area (Å²) in [6, 6.07) is 3.56. The van der Waals surface area contributed by atoms with Crippen LogP contribution in [-0.4, -0.2) is 44.0 Å². The number of carbonyl (C=O) groups excluding carboxylic acids is 1. The molecule has 3 rings (SSSR count). The third-order valence-electron chi connectivity index (χ3n) is 3.59. The summed E-state index contributed by atoms with van der Waals surface area (Å²) in [5.41, 5.74) is 1.07. The van der Waals surface area contributed by atoms with Crippen LogP contribution in [0.1, 0.15) is 11.8 Å². The van der Waals surface area contributed by atoms with Crippen LogP contribution in [0, 0.1) is 0 Å². The van der Waals surface area contributed by atoms with Crippen molar-refractivity contribution in [3.63, 3.8) is 0 Å². The molecular weight excluding hydrogens is 340 g/mol. The van der Waals surface area contributed by atoms with Gasteiger partial charge in [0.1, 0.15) is 22.1 Å². The van der Waals surface area contributed by atoms with Gasteiger partial charge in [0.25, 0.3) is 0 Å². The van der Waals surface area contributed by atoms with Gasteiger partial charge in [-0.1, -0.05) is 18.3 Å². The van der Waals surface area contributed by atoms with Gasteiger partial charge in [0.2, 0.25) is 5.91 Å². The number of hydrogen-bond donors (Lipinski definition) is 2. The van der Waals surface area contributed by atoms with E-state index in [1.54, 1.807) is 23.6 Å². The molecule has 0 spiro atoms. The Hall–Kier alpha value is -1.38. The Morgan fingerprint density at radius 3 is 2.95 bits per heavy atom. The molecule has 1 amide bonds. The van der Waals surface area contributed by atoms with E-state index in [0.29, 0.717) is 17.2 Å². The first kappa shape index (κ1) is 15.5. The number of carboxylic acids is 1. The molecule has 2 aliphatic heterocycles. The fourth-order valence-corrected chi connectivity index (χ4v) is 5.14. The Morgan fingerprint density at radius 2 is 2.32 bits per heavy atom. The highest BCUT2D eigenvalue weighted by molar-refractivity contribution is 8.00. The second kappa shape index (κ2) is 6.02. The maximum atomic E-state index is 12.1. The third kappa shape index (κ3) is 2.66. The highest BCUT2D eigenvalue weighted by Crippen LogP contribution is 2.40. The van der Waals surface area contributed by atoms with Crippen LogP contribution in [-0.2, 0) is 16.0 Å². The number of carbonyl (C=O) groups is 2. The first-order valence-electron chi connectivity index (χ1n) is 6.68. The monoisotopic (exact) mass is 354 g/mol. The third-order valence-corrected chi connectivity index (χ3v) is 6.34. The summed E-state index contributed by atoms with van der Waals surface area (Å²) in [6.45, 7) is 1.80. The van der Waals surface area contributed by atoms with Gasteiger partial charge >= 0.3 is 5.97 Å². The lowest BCUT2D eigenvalue weighted by molar-refractivity contribution is -0.134. The molecule has 2 atom stereocenters. The number of thiocarbonyl (C=S) groups is 1. The van der Waals surface area contributed by atoms with E-state index >= 15 is 0 Å². The van der Waals surface area contributed by atoms with E-state index in [2.05, 4.69) is 5.32 Å². The molecule has 1 aromatic heterocycles. The van der Waals surface area contributed by atoms with Crippen LogP contribution in [0.25, 0.3) is 0 Å². The minimum Gasteiger partial charge on any atom is -0.477 e. The lowest BCUT2D eigenvalue weighted by atomic mass is 10.0.